The molecule has 2 aromatic rings. The third kappa shape index (κ3) is 3.08. The number of aryl methyl sites for hydroxylation is 1. The van der Waals surface area contributed by atoms with Crippen LogP contribution in [0.25, 0.3) is 5.69 Å². The number of hydrogen-bond donors (Lipinski definition) is 0. The molecular formula is C16H17ClF2N4. The summed E-state index contributed by atoms with van der Waals surface area (Å²) in [6.45, 7) is 1.79. The van der Waals surface area contributed by atoms with Crippen LogP contribution in [0.15, 0.2) is 24.4 Å². The number of halogens is 3. The van der Waals surface area contributed by atoms with Gasteiger partial charge >= 0.3 is 0 Å². The van der Waals surface area contributed by atoms with Gasteiger partial charge in [0.2, 0.25) is 0 Å². The Morgan fingerprint density at radius 3 is 2.61 bits per heavy atom. The quantitative estimate of drug-likeness (QED) is 0.821. The molecule has 0 atom stereocenters. The van der Waals surface area contributed by atoms with E-state index in [0.29, 0.717) is 10.7 Å². The minimum atomic E-state index is -0.685. The maximum absolute atomic E-state index is 14.2. The normalized spacial score (nSPS) is 14.5. The molecule has 1 aliphatic rings. The maximum Gasteiger partial charge on any atom is 0.153 e. The van der Waals surface area contributed by atoms with E-state index in [1.165, 1.54) is 23.1 Å². The van der Waals surface area contributed by atoms with Gasteiger partial charge in [0, 0.05) is 24.6 Å². The van der Waals surface area contributed by atoms with Crippen molar-refractivity contribution in [3.05, 3.63) is 52.6 Å². The van der Waals surface area contributed by atoms with Crippen molar-refractivity contribution in [3.63, 3.8) is 0 Å². The summed E-state index contributed by atoms with van der Waals surface area (Å²) in [5, 5.41) is 4.67. The first-order valence-corrected chi connectivity index (χ1v) is 7.83. The first-order valence-electron chi connectivity index (χ1n) is 7.45. The van der Waals surface area contributed by atoms with Crippen LogP contribution in [-0.2, 0) is 7.05 Å². The molecule has 4 nitrogen and oxygen atoms in total. The maximum atomic E-state index is 14.2. The van der Waals surface area contributed by atoms with Crippen LogP contribution in [0.4, 0.5) is 8.78 Å². The van der Waals surface area contributed by atoms with Crippen LogP contribution in [0, 0.1) is 18.6 Å². The van der Waals surface area contributed by atoms with Gasteiger partial charge in [-0.15, -0.1) is 0 Å². The molecule has 0 aliphatic heterocycles. The van der Waals surface area contributed by atoms with Crippen LogP contribution >= 0.6 is 11.6 Å². The van der Waals surface area contributed by atoms with Crippen molar-refractivity contribution in [1.29, 1.82) is 0 Å². The zero-order valence-corrected chi connectivity index (χ0v) is 13.7. The van der Waals surface area contributed by atoms with Crippen molar-refractivity contribution in [3.8, 4) is 5.69 Å². The van der Waals surface area contributed by atoms with Crippen molar-refractivity contribution in [2.75, 3.05) is 0 Å². The van der Waals surface area contributed by atoms with Gasteiger partial charge in [0.1, 0.15) is 22.5 Å². The van der Waals surface area contributed by atoms with Crippen LogP contribution in [0.5, 0.6) is 0 Å². The van der Waals surface area contributed by atoms with Gasteiger partial charge in [-0.2, -0.15) is 9.90 Å². The molecule has 23 heavy (non-hydrogen) atoms. The van der Waals surface area contributed by atoms with E-state index in [4.69, 9.17) is 11.6 Å². The second-order valence-electron chi connectivity index (χ2n) is 5.73. The summed E-state index contributed by atoms with van der Waals surface area (Å²) in [5.74, 6) is -0.311. The topological polar surface area (TPSA) is 35.6 Å². The Hall–Kier alpha value is -1.95. The Labute approximate surface area is 138 Å². The molecule has 1 heterocycles. The first-order chi connectivity index (χ1) is 11.0. The van der Waals surface area contributed by atoms with Crippen molar-refractivity contribution < 1.29 is 8.78 Å². The summed E-state index contributed by atoms with van der Waals surface area (Å²) in [6.07, 6.45) is 4.67. The minimum absolute atomic E-state index is 0.156. The molecule has 122 valence electrons. The van der Waals surface area contributed by atoms with Crippen LogP contribution < -0.4 is 0 Å². The van der Waals surface area contributed by atoms with E-state index in [2.05, 4.69) is 10.1 Å². The molecule has 1 aromatic heterocycles. The second kappa shape index (κ2) is 6.28. The molecular weight excluding hydrogens is 322 g/mol. The fourth-order valence-corrected chi connectivity index (χ4v) is 2.65. The molecule has 0 spiro atoms. The fourth-order valence-electron chi connectivity index (χ4n) is 2.52. The first kappa shape index (κ1) is 15.9. The predicted molar refractivity (Wildman–Crippen MR) is 84.2 cm³/mol. The molecule has 0 bridgehead atoms. The van der Waals surface area contributed by atoms with Gasteiger partial charge in [0.25, 0.3) is 0 Å². The lowest BCUT2D eigenvalue weighted by molar-refractivity contribution is 0.365. The SMILES string of the molecule is Cc1cnn(-c2ccc(F)cc2F)n(C)c(C2CCC2)nc1Cl. The van der Waals surface area contributed by atoms with E-state index in [9.17, 15) is 8.78 Å². The minimum Gasteiger partial charge on any atom is -0.254 e. The summed E-state index contributed by atoms with van der Waals surface area (Å²) in [4.78, 5) is 5.89. The second-order valence-corrected chi connectivity index (χ2v) is 6.08. The molecule has 1 fully saturated rings. The van der Waals surface area contributed by atoms with Gasteiger partial charge in [0.15, 0.2) is 5.82 Å². The molecule has 3 rings (SSSR count). The monoisotopic (exact) mass is 338 g/mol. The van der Waals surface area contributed by atoms with E-state index < -0.39 is 11.6 Å². The summed E-state index contributed by atoms with van der Waals surface area (Å²) in [7, 11) is 1.75. The fraction of sp³-hybridized carbons (Fsp3) is 0.375. The van der Waals surface area contributed by atoms with E-state index in [1.54, 1.807) is 18.7 Å². The Morgan fingerprint density at radius 1 is 1.26 bits per heavy atom. The summed E-state index contributed by atoms with van der Waals surface area (Å²) in [6, 6.07) is 3.41. The third-order valence-corrected chi connectivity index (χ3v) is 4.49. The zero-order chi connectivity index (χ0) is 16.6. The lowest BCUT2D eigenvalue weighted by Crippen LogP contribution is -2.24. The lowest BCUT2D eigenvalue weighted by Gasteiger charge is -2.27. The Morgan fingerprint density at radius 2 is 2.00 bits per heavy atom. The Bertz CT molecular complexity index is 792. The Kier molecular flexibility index (Phi) is 4.35. The molecule has 0 saturated heterocycles. The molecule has 0 N–H and O–H groups in total. The van der Waals surface area contributed by atoms with Crippen molar-refractivity contribution >= 4 is 11.6 Å². The van der Waals surface area contributed by atoms with Gasteiger partial charge in [-0.1, -0.05) is 18.0 Å². The number of rotatable bonds is 2. The number of aromatic nitrogens is 4. The van der Waals surface area contributed by atoms with Gasteiger partial charge in [-0.25, -0.2) is 13.8 Å². The molecule has 1 saturated carbocycles. The summed E-state index contributed by atoms with van der Waals surface area (Å²) >= 11 is 6.21. The summed E-state index contributed by atoms with van der Waals surface area (Å²) in [5.41, 5.74) is 0.840. The van der Waals surface area contributed by atoms with Crippen LogP contribution in [0.3, 0.4) is 0 Å². The van der Waals surface area contributed by atoms with Gasteiger partial charge < -0.3 is 0 Å². The van der Waals surface area contributed by atoms with Crippen molar-refractivity contribution in [2.24, 2.45) is 7.05 Å². The summed E-state index contributed by atoms with van der Waals surface area (Å²) < 4.78 is 29.0. The van der Waals surface area contributed by atoms with E-state index in [1.807, 2.05) is 0 Å². The predicted octanol–water partition coefficient (Wildman–Crippen LogP) is 4.24. The third-order valence-electron chi connectivity index (χ3n) is 4.11. The van der Waals surface area contributed by atoms with Crippen molar-refractivity contribution in [2.45, 2.75) is 32.1 Å². The Balaban J connectivity index is 2.27. The highest BCUT2D eigenvalue weighted by molar-refractivity contribution is 6.30. The number of benzene rings is 1. The molecule has 1 aliphatic carbocycles. The average Bonchev–Trinajstić information content (AvgIpc) is 2.45. The largest absolute Gasteiger partial charge is 0.254 e. The highest BCUT2D eigenvalue weighted by Gasteiger charge is 2.24. The zero-order valence-electron chi connectivity index (χ0n) is 12.9. The highest BCUT2D eigenvalue weighted by atomic mass is 35.5. The highest BCUT2D eigenvalue weighted by Crippen LogP contribution is 2.35. The molecule has 0 radical (unpaired) electrons. The van der Waals surface area contributed by atoms with Gasteiger partial charge in [-0.3, -0.25) is 4.68 Å². The van der Waals surface area contributed by atoms with E-state index in [0.717, 1.165) is 31.2 Å². The number of hydrogen-bond acceptors (Lipinski definition) is 2. The molecule has 7 heteroatoms. The smallest absolute Gasteiger partial charge is 0.153 e. The van der Waals surface area contributed by atoms with Crippen LogP contribution in [0.1, 0.15) is 36.6 Å². The van der Waals surface area contributed by atoms with Crippen LogP contribution in [-0.4, -0.2) is 19.6 Å². The number of nitrogens with zero attached hydrogens (tertiary/aromatic N) is 4. The van der Waals surface area contributed by atoms with Crippen LogP contribution in [0.2, 0.25) is 5.15 Å². The standard InChI is InChI=1S/C16H17ClF2N4/c1-10-9-20-23(14-7-6-12(18)8-13(14)19)22(2)16(21-15(10)17)11-4-3-5-11/h6-9,11H,3-5H2,1-2H3. The lowest BCUT2D eigenvalue weighted by atomic mass is 9.85. The van der Waals surface area contributed by atoms with E-state index in [-0.39, 0.29) is 11.6 Å². The van der Waals surface area contributed by atoms with Crippen molar-refractivity contribution in [1.82, 2.24) is 19.6 Å². The van der Waals surface area contributed by atoms with Gasteiger partial charge in [-0.05, 0) is 31.9 Å². The average molecular weight is 339 g/mol. The van der Waals surface area contributed by atoms with E-state index >= 15 is 0 Å². The molecule has 0 amide bonds. The molecule has 0 unspecified atom stereocenters. The molecule has 1 aromatic carbocycles. The van der Waals surface area contributed by atoms with Gasteiger partial charge in [0.05, 0.1) is 6.20 Å².